The van der Waals surface area contributed by atoms with Crippen LogP contribution in [-0.4, -0.2) is 138 Å². The highest BCUT2D eigenvalue weighted by atomic mass is 16.8. The van der Waals surface area contributed by atoms with Gasteiger partial charge in [-0.2, -0.15) is 0 Å². The van der Waals surface area contributed by atoms with Crippen LogP contribution in [0.4, 0.5) is 0 Å². The molecule has 2 aliphatic heterocycles. The summed E-state index contributed by atoms with van der Waals surface area (Å²) in [6, 6.07) is 0. The molecule has 14 nitrogen and oxygen atoms in total. The minimum atomic E-state index is -1.78. The predicted molar refractivity (Wildman–Crippen MR) is 194 cm³/mol. The van der Waals surface area contributed by atoms with E-state index < -0.39 is 114 Å². The number of fused-ring (bicyclic) bond motifs is 7. The standard InChI is InChI=1S/C41H66O14/c1-19-10-13-41(35(50)55-34-30(28(47)27(46)23(17-42)53-34)54-33-29(48)26(45)22(44)18-52-33)15-14-38(5)20(31(41)40(19,7)51)8-9-25-37(4)16-21(43)32(49)36(2,3)24(37)11-12-39(25,38)6/h8,19,21-34,42-49,51H,9-18H2,1-7H3/t19-,21-,22-,23-,24+,25-,26-,27-,28+,29+,30-,31-,32+,33+,34+,37+,38-,39-,40-,41+/m1/s1. The van der Waals surface area contributed by atoms with Crippen LogP contribution in [0.2, 0.25) is 0 Å². The van der Waals surface area contributed by atoms with E-state index >= 15 is 4.79 Å². The number of ether oxygens (including phenoxy) is 4. The first kappa shape index (κ1) is 41.9. The van der Waals surface area contributed by atoms with E-state index in [-0.39, 0.29) is 28.6 Å². The van der Waals surface area contributed by atoms with E-state index in [1.165, 1.54) is 0 Å². The van der Waals surface area contributed by atoms with Crippen LogP contribution in [0.5, 0.6) is 0 Å². The zero-order chi connectivity index (χ0) is 40.4. The lowest BCUT2D eigenvalue weighted by Gasteiger charge is -2.72. The lowest BCUT2D eigenvalue weighted by molar-refractivity contribution is -0.353. The highest BCUT2D eigenvalue weighted by Crippen LogP contribution is 2.76. The van der Waals surface area contributed by atoms with E-state index in [1.807, 2.05) is 6.92 Å². The summed E-state index contributed by atoms with van der Waals surface area (Å²) in [6.45, 7) is 13.7. The van der Waals surface area contributed by atoms with Gasteiger partial charge in [0.15, 0.2) is 12.4 Å². The molecule has 0 bridgehead atoms. The van der Waals surface area contributed by atoms with Crippen molar-refractivity contribution < 1.29 is 69.7 Å². The van der Waals surface area contributed by atoms with Gasteiger partial charge in [0, 0.05) is 5.92 Å². The van der Waals surface area contributed by atoms with Crippen LogP contribution in [0.1, 0.15) is 99.8 Å². The van der Waals surface area contributed by atoms with Crippen molar-refractivity contribution >= 4 is 5.97 Å². The maximum Gasteiger partial charge on any atom is 0.315 e. The van der Waals surface area contributed by atoms with Crippen LogP contribution in [-0.2, 0) is 23.7 Å². The van der Waals surface area contributed by atoms with Gasteiger partial charge in [0.1, 0.15) is 36.6 Å². The fourth-order valence-electron chi connectivity index (χ4n) is 13.5. The molecule has 0 aromatic carbocycles. The number of aliphatic hydroxyl groups is 9. The van der Waals surface area contributed by atoms with Crippen molar-refractivity contribution in [2.75, 3.05) is 13.2 Å². The zero-order valence-electron chi connectivity index (χ0n) is 33.4. The maximum absolute atomic E-state index is 15.0. The molecule has 14 heteroatoms. The summed E-state index contributed by atoms with van der Waals surface area (Å²) >= 11 is 0. The second-order valence-electron chi connectivity index (χ2n) is 20.0. The molecule has 9 N–H and O–H groups in total. The van der Waals surface area contributed by atoms with E-state index in [2.05, 4.69) is 40.7 Å². The van der Waals surface area contributed by atoms with Crippen LogP contribution in [0.15, 0.2) is 11.6 Å². The summed E-state index contributed by atoms with van der Waals surface area (Å²) < 4.78 is 23.3. The van der Waals surface area contributed by atoms with E-state index in [9.17, 15) is 46.0 Å². The van der Waals surface area contributed by atoms with Crippen molar-refractivity contribution in [1.29, 1.82) is 0 Å². The molecule has 0 unspecified atom stereocenters. The van der Waals surface area contributed by atoms with Gasteiger partial charge in [-0.25, -0.2) is 0 Å². The molecule has 7 aliphatic rings. The topological polar surface area (TPSA) is 236 Å². The second-order valence-corrected chi connectivity index (χ2v) is 20.0. The molecule has 6 fully saturated rings. The number of aliphatic hydroxyl groups excluding tert-OH is 8. The second kappa shape index (κ2) is 13.9. The summed E-state index contributed by atoms with van der Waals surface area (Å²) in [4.78, 5) is 15.0. The summed E-state index contributed by atoms with van der Waals surface area (Å²) in [5.74, 6) is -1.13. The first-order valence-electron chi connectivity index (χ1n) is 20.5. The monoisotopic (exact) mass is 782 g/mol. The van der Waals surface area contributed by atoms with Crippen LogP contribution < -0.4 is 0 Å². The third kappa shape index (κ3) is 5.89. The predicted octanol–water partition coefficient (Wildman–Crippen LogP) is 0.897. The normalized spacial score (nSPS) is 56.2. The van der Waals surface area contributed by atoms with Gasteiger partial charge in [0.2, 0.25) is 6.29 Å². The first-order valence-corrected chi connectivity index (χ1v) is 20.5. The quantitative estimate of drug-likeness (QED) is 0.139. The lowest BCUT2D eigenvalue weighted by Crippen LogP contribution is -2.69. The molecule has 0 radical (unpaired) electrons. The number of hydrogen-bond donors (Lipinski definition) is 9. The van der Waals surface area contributed by atoms with Gasteiger partial charge in [0.25, 0.3) is 0 Å². The van der Waals surface area contributed by atoms with Crippen molar-refractivity contribution in [3.05, 3.63) is 11.6 Å². The summed E-state index contributed by atoms with van der Waals surface area (Å²) in [5, 5.41) is 97.8. The molecule has 2 saturated heterocycles. The van der Waals surface area contributed by atoms with Crippen molar-refractivity contribution in [2.45, 2.75) is 173 Å². The van der Waals surface area contributed by atoms with E-state index in [0.717, 1.165) is 18.4 Å². The van der Waals surface area contributed by atoms with Crippen molar-refractivity contribution in [3.63, 3.8) is 0 Å². The van der Waals surface area contributed by atoms with Gasteiger partial charge in [-0.15, -0.1) is 0 Å². The van der Waals surface area contributed by atoms with Crippen LogP contribution >= 0.6 is 0 Å². The molecule has 314 valence electrons. The average molecular weight is 783 g/mol. The Labute approximate surface area is 323 Å². The summed E-state index contributed by atoms with van der Waals surface area (Å²) in [6.07, 6.45) is -9.01. The van der Waals surface area contributed by atoms with Crippen molar-refractivity contribution in [1.82, 2.24) is 0 Å². The van der Waals surface area contributed by atoms with Gasteiger partial charge in [-0.3, -0.25) is 4.79 Å². The van der Waals surface area contributed by atoms with Crippen molar-refractivity contribution in [2.24, 2.45) is 50.7 Å². The van der Waals surface area contributed by atoms with Gasteiger partial charge >= 0.3 is 5.97 Å². The Balaban J connectivity index is 1.24. The SMILES string of the molecule is C[C@@H]1CC[C@]2(C(=O)O[C@@H]3O[C@H](CO)[C@@H](O)[C@H](O)[C@H]3O[C@@H]3OC[C@@H](O)[C@@H](O)[C@@H]3O)CC[C@]3(C)C(=CC[C@@H]4[C@@]5(C)C[C@@H](O)[C@H](O)C(C)(C)[C@@H]5CC[C@]43C)[C@@H]2[C@]1(C)O. The Bertz CT molecular complexity index is 1500. The average Bonchev–Trinajstić information content (AvgIpc) is 3.12. The first-order chi connectivity index (χ1) is 25.5. The number of esters is 1. The number of hydrogen-bond acceptors (Lipinski definition) is 14. The minimum Gasteiger partial charge on any atom is -0.432 e. The molecule has 0 aromatic rings. The molecule has 7 rings (SSSR count). The van der Waals surface area contributed by atoms with Gasteiger partial charge in [0.05, 0.1) is 36.4 Å². The molecule has 20 atom stereocenters. The minimum absolute atomic E-state index is 0.166. The Hall–Kier alpha value is -1.27. The van der Waals surface area contributed by atoms with Crippen LogP contribution in [0.3, 0.4) is 0 Å². The Morgan fingerprint density at radius 3 is 2.20 bits per heavy atom. The number of rotatable bonds is 5. The maximum atomic E-state index is 15.0. The Morgan fingerprint density at radius 1 is 0.836 bits per heavy atom. The molecule has 55 heavy (non-hydrogen) atoms. The number of carbonyl (C=O) groups is 1. The summed E-state index contributed by atoms with van der Waals surface area (Å²) in [5.41, 5.74) is -2.95. The molecule has 5 aliphatic carbocycles. The Kier molecular flexibility index (Phi) is 10.6. The molecule has 0 amide bonds. The van der Waals surface area contributed by atoms with Crippen LogP contribution in [0, 0.1) is 50.7 Å². The fourth-order valence-corrected chi connectivity index (χ4v) is 13.5. The van der Waals surface area contributed by atoms with E-state index in [0.29, 0.717) is 38.5 Å². The van der Waals surface area contributed by atoms with E-state index in [4.69, 9.17) is 18.9 Å². The largest absolute Gasteiger partial charge is 0.432 e. The highest BCUT2D eigenvalue weighted by molar-refractivity contribution is 5.79. The molecular weight excluding hydrogens is 716 g/mol. The third-order valence-corrected chi connectivity index (χ3v) is 17.2. The smallest absolute Gasteiger partial charge is 0.315 e. The molecular formula is C41H66O14. The molecule has 2 heterocycles. The van der Waals surface area contributed by atoms with Crippen LogP contribution in [0.25, 0.3) is 0 Å². The van der Waals surface area contributed by atoms with Gasteiger partial charge in [-0.1, -0.05) is 53.2 Å². The van der Waals surface area contributed by atoms with Crippen molar-refractivity contribution in [3.8, 4) is 0 Å². The molecule has 0 aromatic heterocycles. The number of carbonyl (C=O) groups excluding carboxylic acids is 1. The summed E-state index contributed by atoms with van der Waals surface area (Å²) in [7, 11) is 0. The highest BCUT2D eigenvalue weighted by Gasteiger charge is 2.72. The molecule has 4 saturated carbocycles. The fraction of sp³-hybridized carbons (Fsp3) is 0.927. The number of allylic oxidation sites excluding steroid dienone is 1. The lowest BCUT2D eigenvalue weighted by atomic mass is 9.33. The zero-order valence-corrected chi connectivity index (χ0v) is 33.4. The molecule has 0 spiro atoms. The Morgan fingerprint density at radius 2 is 1.53 bits per heavy atom. The van der Waals surface area contributed by atoms with Gasteiger partial charge in [-0.05, 0) is 97.7 Å². The third-order valence-electron chi connectivity index (χ3n) is 17.2. The van der Waals surface area contributed by atoms with E-state index in [1.54, 1.807) is 6.92 Å². The van der Waals surface area contributed by atoms with Gasteiger partial charge < -0.3 is 64.9 Å².